The van der Waals surface area contributed by atoms with Crippen molar-refractivity contribution in [3.05, 3.63) is 24.3 Å². The summed E-state index contributed by atoms with van der Waals surface area (Å²) in [5, 5.41) is 11.7. The van der Waals surface area contributed by atoms with E-state index >= 15 is 0 Å². The molecule has 0 radical (unpaired) electrons. The summed E-state index contributed by atoms with van der Waals surface area (Å²) in [6.45, 7) is 0.639. The van der Waals surface area contributed by atoms with E-state index in [1.165, 1.54) is 0 Å². The number of carbonyl (C=O) groups is 1. The highest BCUT2D eigenvalue weighted by Crippen LogP contribution is 2.19. The van der Waals surface area contributed by atoms with Gasteiger partial charge >= 0.3 is 6.03 Å². The molecule has 94 valence electrons. The van der Waals surface area contributed by atoms with Crippen molar-refractivity contribution in [2.24, 2.45) is 0 Å². The molecule has 1 saturated heterocycles. The summed E-state index contributed by atoms with van der Waals surface area (Å²) in [5.74, 6) is 0.740. The Bertz CT molecular complexity index is 464. The number of hydrogen-bond donors (Lipinski definition) is 1. The topological polar surface area (TPSA) is 65.4 Å². The summed E-state index contributed by atoms with van der Waals surface area (Å²) < 4.78 is 5.04. The molecule has 18 heavy (non-hydrogen) atoms. The molecule has 1 fully saturated rings. The van der Waals surface area contributed by atoms with E-state index in [4.69, 9.17) is 10.00 Å². The van der Waals surface area contributed by atoms with Gasteiger partial charge in [0, 0.05) is 12.2 Å². The van der Waals surface area contributed by atoms with Crippen LogP contribution in [0.5, 0.6) is 5.75 Å². The molecule has 0 aliphatic carbocycles. The Morgan fingerprint density at radius 1 is 1.50 bits per heavy atom. The van der Waals surface area contributed by atoms with Gasteiger partial charge in [0.2, 0.25) is 0 Å². The maximum Gasteiger partial charge on any atom is 0.322 e. The van der Waals surface area contributed by atoms with Crippen LogP contribution in [0.3, 0.4) is 0 Å². The second-order valence-electron chi connectivity index (χ2n) is 4.14. The van der Waals surface area contributed by atoms with Gasteiger partial charge in [0.05, 0.1) is 13.2 Å². The highest BCUT2D eigenvalue weighted by molar-refractivity contribution is 5.90. The molecule has 0 spiro atoms. The SMILES string of the molecule is COc1ccc(NC(=O)N2CCCC2C#N)cc1. The van der Waals surface area contributed by atoms with Gasteiger partial charge in [-0.25, -0.2) is 4.79 Å². The lowest BCUT2D eigenvalue weighted by molar-refractivity contribution is 0.215. The Morgan fingerprint density at radius 3 is 2.83 bits per heavy atom. The fourth-order valence-corrected chi connectivity index (χ4v) is 2.01. The monoisotopic (exact) mass is 245 g/mol. The van der Waals surface area contributed by atoms with E-state index < -0.39 is 0 Å². The molecular formula is C13H15N3O2. The Kier molecular flexibility index (Phi) is 3.68. The number of hydrogen-bond acceptors (Lipinski definition) is 3. The summed E-state index contributed by atoms with van der Waals surface area (Å²) in [4.78, 5) is 13.5. The summed E-state index contributed by atoms with van der Waals surface area (Å²) in [6.07, 6.45) is 1.64. The van der Waals surface area contributed by atoms with Crippen LogP contribution in [0, 0.1) is 11.3 Å². The van der Waals surface area contributed by atoms with Crippen LogP contribution in [-0.4, -0.2) is 30.6 Å². The first-order chi connectivity index (χ1) is 8.74. The average molecular weight is 245 g/mol. The fourth-order valence-electron chi connectivity index (χ4n) is 2.01. The summed E-state index contributed by atoms with van der Waals surface area (Å²) in [5.41, 5.74) is 0.699. The first-order valence-corrected chi connectivity index (χ1v) is 5.86. The number of anilines is 1. The number of amides is 2. The lowest BCUT2D eigenvalue weighted by Crippen LogP contribution is -2.37. The first kappa shape index (κ1) is 12.2. The minimum absolute atomic E-state index is 0.218. The Morgan fingerprint density at radius 2 is 2.22 bits per heavy atom. The standard InChI is InChI=1S/C13H15N3O2/c1-18-12-6-4-10(5-7-12)15-13(17)16-8-2-3-11(16)9-14/h4-7,11H,2-3,8H2,1H3,(H,15,17). The molecule has 0 bridgehead atoms. The van der Waals surface area contributed by atoms with Crippen LogP contribution in [0.15, 0.2) is 24.3 Å². The summed E-state index contributed by atoms with van der Waals surface area (Å²) >= 11 is 0. The minimum Gasteiger partial charge on any atom is -0.497 e. The quantitative estimate of drug-likeness (QED) is 0.868. The lowest BCUT2D eigenvalue weighted by atomic mass is 10.2. The zero-order valence-electron chi connectivity index (χ0n) is 10.2. The van der Waals surface area contributed by atoms with Crippen molar-refractivity contribution in [2.75, 3.05) is 19.0 Å². The molecule has 1 aliphatic heterocycles. The Hall–Kier alpha value is -2.22. The Labute approximate surface area is 106 Å². The summed E-state index contributed by atoms with van der Waals surface area (Å²) in [6, 6.07) is 8.73. The van der Waals surface area contributed by atoms with Gasteiger partial charge in [0.25, 0.3) is 0 Å². The number of urea groups is 1. The van der Waals surface area contributed by atoms with E-state index in [2.05, 4.69) is 11.4 Å². The van der Waals surface area contributed by atoms with Gasteiger partial charge in [0.15, 0.2) is 0 Å². The van der Waals surface area contributed by atoms with Crippen LogP contribution in [0.25, 0.3) is 0 Å². The van der Waals surface area contributed by atoms with Gasteiger partial charge in [-0.05, 0) is 37.1 Å². The van der Waals surface area contributed by atoms with Crippen LogP contribution in [0.1, 0.15) is 12.8 Å². The number of methoxy groups -OCH3 is 1. The molecule has 1 N–H and O–H groups in total. The highest BCUT2D eigenvalue weighted by atomic mass is 16.5. The van der Waals surface area contributed by atoms with Crippen molar-refractivity contribution < 1.29 is 9.53 Å². The van der Waals surface area contributed by atoms with E-state index in [1.807, 2.05) is 0 Å². The smallest absolute Gasteiger partial charge is 0.322 e. The van der Waals surface area contributed by atoms with Crippen molar-refractivity contribution >= 4 is 11.7 Å². The zero-order chi connectivity index (χ0) is 13.0. The van der Waals surface area contributed by atoms with E-state index in [9.17, 15) is 4.79 Å². The van der Waals surface area contributed by atoms with Crippen molar-refractivity contribution in [2.45, 2.75) is 18.9 Å². The molecule has 1 atom stereocenters. The molecule has 2 amide bonds. The molecule has 1 aliphatic rings. The number of nitriles is 1. The predicted octanol–water partition coefficient (Wildman–Crippen LogP) is 2.22. The molecule has 5 nitrogen and oxygen atoms in total. The number of rotatable bonds is 2. The number of nitrogens with zero attached hydrogens (tertiary/aromatic N) is 2. The second-order valence-corrected chi connectivity index (χ2v) is 4.14. The molecule has 1 aromatic carbocycles. The second kappa shape index (κ2) is 5.41. The van der Waals surface area contributed by atoms with Crippen molar-refractivity contribution in [1.29, 1.82) is 5.26 Å². The van der Waals surface area contributed by atoms with E-state index in [0.717, 1.165) is 18.6 Å². The molecule has 1 aromatic rings. The third-order valence-corrected chi connectivity index (χ3v) is 3.00. The van der Waals surface area contributed by atoms with Crippen molar-refractivity contribution in [3.63, 3.8) is 0 Å². The number of carbonyl (C=O) groups excluding carboxylic acids is 1. The number of likely N-dealkylation sites (tertiary alicyclic amines) is 1. The van der Waals surface area contributed by atoms with Gasteiger partial charge in [-0.2, -0.15) is 5.26 Å². The molecule has 0 aromatic heterocycles. The van der Waals surface area contributed by atoms with Crippen LogP contribution in [0.4, 0.5) is 10.5 Å². The van der Waals surface area contributed by atoms with Gasteiger partial charge in [-0.3, -0.25) is 0 Å². The number of benzene rings is 1. The van der Waals surface area contributed by atoms with Crippen LogP contribution in [-0.2, 0) is 0 Å². The number of nitrogens with one attached hydrogen (secondary N) is 1. The number of ether oxygens (including phenoxy) is 1. The van der Waals surface area contributed by atoms with E-state index in [0.29, 0.717) is 12.2 Å². The third kappa shape index (κ3) is 2.54. The van der Waals surface area contributed by atoms with Gasteiger partial charge in [-0.15, -0.1) is 0 Å². The van der Waals surface area contributed by atoms with Crippen LogP contribution >= 0.6 is 0 Å². The van der Waals surface area contributed by atoms with Crippen LogP contribution < -0.4 is 10.1 Å². The van der Waals surface area contributed by atoms with Crippen molar-refractivity contribution in [1.82, 2.24) is 4.90 Å². The highest BCUT2D eigenvalue weighted by Gasteiger charge is 2.28. The van der Waals surface area contributed by atoms with Gasteiger partial charge in [0.1, 0.15) is 11.8 Å². The predicted molar refractivity (Wildman–Crippen MR) is 67.4 cm³/mol. The molecule has 2 rings (SSSR count). The average Bonchev–Trinajstić information content (AvgIpc) is 2.88. The maximum atomic E-state index is 12.0. The molecule has 0 saturated carbocycles. The molecular weight excluding hydrogens is 230 g/mol. The van der Waals surface area contributed by atoms with E-state index in [-0.39, 0.29) is 12.1 Å². The lowest BCUT2D eigenvalue weighted by Gasteiger charge is -2.20. The fraction of sp³-hybridized carbons (Fsp3) is 0.385. The minimum atomic E-state index is -0.303. The molecule has 5 heteroatoms. The normalized spacial score (nSPS) is 18.2. The van der Waals surface area contributed by atoms with Crippen molar-refractivity contribution in [3.8, 4) is 11.8 Å². The largest absolute Gasteiger partial charge is 0.497 e. The van der Waals surface area contributed by atoms with Gasteiger partial charge < -0.3 is 15.0 Å². The Balaban J connectivity index is 2.00. The summed E-state index contributed by atoms with van der Waals surface area (Å²) in [7, 11) is 1.59. The molecule has 1 heterocycles. The van der Waals surface area contributed by atoms with Gasteiger partial charge in [-0.1, -0.05) is 0 Å². The zero-order valence-corrected chi connectivity index (χ0v) is 10.2. The first-order valence-electron chi connectivity index (χ1n) is 5.86. The molecule has 1 unspecified atom stereocenters. The van der Waals surface area contributed by atoms with Crippen LogP contribution in [0.2, 0.25) is 0 Å². The maximum absolute atomic E-state index is 12.0. The third-order valence-electron chi connectivity index (χ3n) is 3.00. The van der Waals surface area contributed by atoms with E-state index in [1.54, 1.807) is 36.3 Å².